The number of furan rings is 1. The normalized spacial score (nSPS) is 25.3. The Hall–Kier alpha value is -1.33. The maximum absolute atomic E-state index is 12.6. The molecule has 1 amide bonds. The van der Waals surface area contributed by atoms with Gasteiger partial charge in [-0.2, -0.15) is 0 Å². The van der Waals surface area contributed by atoms with Crippen molar-refractivity contribution in [3.8, 4) is 0 Å². The topological polar surface area (TPSA) is 45.9 Å². The molecule has 2 aliphatic heterocycles. The zero-order chi connectivity index (χ0) is 15.6. The fraction of sp³-hybridized carbons (Fsp3) is 0.706. The second-order valence-electron chi connectivity index (χ2n) is 6.58. The number of nitrogens with zero attached hydrogens (tertiary/aromatic N) is 2. The Morgan fingerprint density at radius 1 is 1.41 bits per heavy atom. The molecule has 1 atom stereocenters. The van der Waals surface area contributed by atoms with Gasteiger partial charge in [0.1, 0.15) is 5.76 Å². The highest BCUT2D eigenvalue weighted by Crippen LogP contribution is 2.45. The standard InChI is InChI=1S/C17H26N2O3/c1-3-19-13-17(15(12-21-2)16(19)20)6-8-18(9-7-17)11-14-5-4-10-22-14/h4-5,10,15H,3,6-9,11-13H2,1-2H3/t15-/m1/s1. The van der Waals surface area contributed by atoms with Crippen LogP contribution in [0.2, 0.25) is 0 Å². The first-order valence-corrected chi connectivity index (χ1v) is 8.21. The van der Waals surface area contributed by atoms with Crippen molar-refractivity contribution in [1.82, 2.24) is 9.80 Å². The lowest BCUT2D eigenvalue weighted by Crippen LogP contribution is -2.45. The van der Waals surface area contributed by atoms with E-state index in [1.54, 1.807) is 13.4 Å². The predicted octanol–water partition coefficient (Wildman–Crippen LogP) is 1.99. The van der Waals surface area contributed by atoms with Gasteiger partial charge in [-0.1, -0.05) is 0 Å². The first kappa shape index (κ1) is 15.6. The number of ether oxygens (including phenoxy) is 1. The van der Waals surface area contributed by atoms with Crippen molar-refractivity contribution in [3.05, 3.63) is 24.2 Å². The molecule has 0 N–H and O–H groups in total. The van der Waals surface area contributed by atoms with E-state index in [9.17, 15) is 4.79 Å². The summed E-state index contributed by atoms with van der Waals surface area (Å²) in [5, 5.41) is 0. The summed E-state index contributed by atoms with van der Waals surface area (Å²) in [5.41, 5.74) is 0.1000. The van der Waals surface area contributed by atoms with E-state index < -0.39 is 0 Å². The largest absolute Gasteiger partial charge is 0.468 e. The van der Waals surface area contributed by atoms with E-state index in [-0.39, 0.29) is 17.2 Å². The van der Waals surface area contributed by atoms with Gasteiger partial charge in [-0.15, -0.1) is 0 Å². The van der Waals surface area contributed by atoms with Gasteiger partial charge >= 0.3 is 0 Å². The molecule has 0 radical (unpaired) electrons. The molecular weight excluding hydrogens is 280 g/mol. The number of carbonyl (C=O) groups excluding carboxylic acids is 1. The molecule has 22 heavy (non-hydrogen) atoms. The Balaban J connectivity index is 1.65. The second kappa shape index (κ2) is 6.42. The number of likely N-dealkylation sites (tertiary alicyclic amines) is 2. The smallest absolute Gasteiger partial charge is 0.228 e. The van der Waals surface area contributed by atoms with Gasteiger partial charge in [0.2, 0.25) is 5.91 Å². The van der Waals surface area contributed by atoms with E-state index in [4.69, 9.17) is 9.15 Å². The monoisotopic (exact) mass is 306 g/mol. The average molecular weight is 306 g/mol. The summed E-state index contributed by atoms with van der Waals surface area (Å²) in [7, 11) is 1.70. The molecule has 5 heteroatoms. The summed E-state index contributed by atoms with van der Waals surface area (Å²) in [6.45, 7) is 7.21. The number of amides is 1. The molecule has 5 nitrogen and oxygen atoms in total. The number of hydrogen-bond donors (Lipinski definition) is 0. The summed E-state index contributed by atoms with van der Waals surface area (Å²) in [6.07, 6.45) is 3.85. The molecule has 0 aliphatic carbocycles. The third kappa shape index (κ3) is 2.79. The molecule has 0 unspecified atom stereocenters. The number of hydrogen-bond acceptors (Lipinski definition) is 4. The van der Waals surface area contributed by atoms with Crippen LogP contribution in [-0.2, 0) is 16.1 Å². The first-order chi connectivity index (χ1) is 10.7. The lowest BCUT2D eigenvalue weighted by Gasteiger charge is -2.41. The van der Waals surface area contributed by atoms with Crippen molar-refractivity contribution in [3.63, 3.8) is 0 Å². The van der Waals surface area contributed by atoms with E-state index in [0.29, 0.717) is 6.61 Å². The summed E-state index contributed by atoms with van der Waals surface area (Å²) in [6, 6.07) is 3.96. The van der Waals surface area contributed by atoms with Crippen molar-refractivity contribution in [2.75, 3.05) is 39.9 Å². The third-order valence-electron chi connectivity index (χ3n) is 5.38. The molecule has 2 aliphatic rings. The number of rotatable bonds is 5. The van der Waals surface area contributed by atoms with Crippen LogP contribution >= 0.6 is 0 Å². The van der Waals surface area contributed by atoms with Gasteiger partial charge in [-0.25, -0.2) is 0 Å². The molecule has 2 saturated heterocycles. The molecule has 1 spiro atoms. The Bertz CT molecular complexity index is 492. The van der Waals surface area contributed by atoms with Crippen molar-refractivity contribution in [2.24, 2.45) is 11.3 Å². The van der Waals surface area contributed by atoms with E-state index in [1.165, 1.54) is 0 Å². The van der Waals surface area contributed by atoms with Crippen molar-refractivity contribution >= 4 is 5.91 Å². The number of methoxy groups -OCH3 is 1. The lowest BCUT2D eigenvalue weighted by molar-refractivity contribution is -0.133. The minimum atomic E-state index is 0.0308. The van der Waals surface area contributed by atoms with Crippen LogP contribution < -0.4 is 0 Å². The lowest BCUT2D eigenvalue weighted by atomic mass is 9.71. The minimum Gasteiger partial charge on any atom is -0.468 e. The van der Waals surface area contributed by atoms with Crippen LogP contribution in [0, 0.1) is 11.3 Å². The molecule has 122 valence electrons. The highest BCUT2D eigenvalue weighted by molar-refractivity contribution is 5.82. The maximum atomic E-state index is 12.6. The van der Waals surface area contributed by atoms with Crippen molar-refractivity contribution < 1.29 is 13.9 Å². The Morgan fingerprint density at radius 2 is 2.18 bits per heavy atom. The maximum Gasteiger partial charge on any atom is 0.228 e. The summed E-state index contributed by atoms with van der Waals surface area (Å²) < 4.78 is 10.8. The zero-order valence-electron chi connectivity index (χ0n) is 13.6. The van der Waals surface area contributed by atoms with Gasteiger partial charge in [-0.3, -0.25) is 9.69 Å². The summed E-state index contributed by atoms with van der Waals surface area (Å²) >= 11 is 0. The molecule has 0 saturated carbocycles. The van der Waals surface area contributed by atoms with E-state index in [0.717, 1.165) is 51.3 Å². The quantitative estimate of drug-likeness (QED) is 0.834. The van der Waals surface area contributed by atoms with Crippen LogP contribution in [-0.4, -0.2) is 55.6 Å². The van der Waals surface area contributed by atoms with E-state index in [1.807, 2.05) is 17.0 Å². The molecular formula is C17H26N2O3. The zero-order valence-corrected chi connectivity index (χ0v) is 13.6. The van der Waals surface area contributed by atoms with Gasteiger partial charge in [0, 0.05) is 25.6 Å². The predicted molar refractivity (Wildman–Crippen MR) is 83.3 cm³/mol. The summed E-state index contributed by atoms with van der Waals surface area (Å²) in [4.78, 5) is 17.0. The van der Waals surface area contributed by atoms with Crippen LogP contribution in [0.3, 0.4) is 0 Å². The van der Waals surface area contributed by atoms with Crippen molar-refractivity contribution in [1.29, 1.82) is 0 Å². The molecule has 0 bridgehead atoms. The molecule has 3 rings (SSSR count). The van der Waals surface area contributed by atoms with Crippen LogP contribution in [0.15, 0.2) is 22.8 Å². The van der Waals surface area contributed by atoms with Crippen LogP contribution in [0.25, 0.3) is 0 Å². The fourth-order valence-corrected chi connectivity index (χ4v) is 4.02. The van der Waals surface area contributed by atoms with Gasteiger partial charge in [0.15, 0.2) is 0 Å². The van der Waals surface area contributed by atoms with Crippen LogP contribution in [0.4, 0.5) is 0 Å². The van der Waals surface area contributed by atoms with Crippen LogP contribution in [0.1, 0.15) is 25.5 Å². The minimum absolute atomic E-state index is 0.0308. The molecule has 0 aromatic carbocycles. The molecule has 2 fully saturated rings. The Kier molecular flexibility index (Phi) is 4.54. The number of carbonyl (C=O) groups is 1. The van der Waals surface area contributed by atoms with E-state index >= 15 is 0 Å². The average Bonchev–Trinajstić information content (AvgIpc) is 3.12. The number of piperidine rings is 1. The fourth-order valence-electron chi connectivity index (χ4n) is 4.02. The summed E-state index contributed by atoms with van der Waals surface area (Å²) in [5.74, 6) is 1.33. The highest BCUT2D eigenvalue weighted by Gasteiger charge is 2.52. The molecule has 1 aromatic rings. The Morgan fingerprint density at radius 3 is 2.77 bits per heavy atom. The first-order valence-electron chi connectivity index (χ1n) is 8.21. The van der Waals surface area contributed by atoms with Gasteiger partial charge in [-0.05, 0) is 45.0 Å². The van der Waals surface area contributed by atoms with Gasteiger partial charge in [0.05, 0.1) is 25.3 Å². The molecule has 3 heterocycles. The van der Waals surface area contributed by atoms with Gasteiger partial charge in [0.25, 0.3) is 0 Å². The van der Waals surface area contributed by atoms with Crippen molar-refractivity contribution in [2.45, 2.75) is 26.3 Å². The van der Waals surface area contributed by atoms with E-state index in [2.05, 4.69) is 11.8 Å². The SMILES string of the molecule is CCN1CC2(CCN(Cc3ccco3)CC2)[C@H](COC)C1=O. The van der Waals surface area contributed by atoms with Gasteiger partial charge < -0.3 is 14.1 Å². The van der Waals surface area contributed by atoms with Crippen LogP contribution in [0.5, 0.6) is 0 Å². The molecule has 1 aromatic heterocycles. The Labute approximate surface area is 132 Å². The third-order valence-corrected chi connectivity index (χ3v) is 5.38. The highest BCUT2D eigenvalue weighted by atomic mass is 16.5. The second-order valence-corrected chi connectivity index (χ2v) is 6.58.